The molecule has 3 aliphatic rings. The third kappa shape index (κ3) is 0.651. The lowest BCUT2D eigenvalue weighted by Gasteiger charge is -2.36. The summed E-state index contributed by atoms with van der Waals surface area (Å²) in [7, 11) is 0. The van der Waals surface area contributed by atoms with E-state index < -0.39 is 47.9 Å². The van der Waals surface area contributed by atoms with Gasteiger partial charge in [0.25, 0.3) is 0 Å². The molecule has 5 unspecified atom stereocenters. The van der Waals surface area contributed by atoms with Crippen LogP contribution in [0.2, 0.25) is 0 Å². The third-order valence-corrected chi connectivity index (χ3v) is 3.19. The number of aliphatic hydroxyl groups excluding tert-OH is 1. The van der Waals surface area contributed by atoms with Crippen molar-refractivity contribution in [3.8, 4) is 0 Å². The van der Waals surface area contributed by atoms with E-state index in [4.69, 9.17) is 0 Å². The summed E-state index contributed by atoms with van der Waals surface area (Å²) in [5, 5.41) is 9.28. The largest absolute Gasteiger partial charge is 0.435 e. The van der Waals surface area contributed by atoms with Gasteiger partial charge in [-0.25, -0.2) is 0 Å². The van der Waals surface area contributed by atoms with Gasteiger partial charge in [-0.1, -0.05) is 0 Å². The van der Waals surface area contributed by atoms with E-state index in [1.807, 2.05) is 0 Å². The quantitative estimate of drug-likeness (QED) is 0.373. The Hall–Kier alpha value is -1.43. The highest BCUT2D eigenvalue weighted by atomic mass is 16.6. The van der Waals surface area contributed by atoms with Gasteiger partial charge in [0.2, 0.25) is 6.29 Å². The first-order chi connectivity index (χ1) is 6.61. The number of rotatable bonds is 0. The summed E-state index contributed by atoms with van der Waals surface area (Å²) in [5.41, 5.74) is 0. The molecule has 2 heterocycles. The molecule has 1 aliphatic carbocycles. The summed E-state index contributed by atoms with van der Waals surface area (Å²) in [6.07, 6.45) is -1.27. The molecule has 3 fully saturated rings. The first-order valence-corrected chi connectivity index (χ1v) is 4.25. The van der Waals surface area contributed by atoms with Crippen LogP contribution in [0.1, 0.15) is 0 Å². The minimum absolute atomic E-state index is 0.591. The molecule has 5 atom stereocenters. The van der Waals surface area contributed by atoms with Crippen LogP contribution in [0.15, 0.2) is 0 Å². The molecule has 1 saturated carbocycles. The molecule has 2 aliphatic heterocycles. The Morgan fingerprint density at radius 1 is 0.929 bits per heavy atom. The Morgan fingerprint density at radius 3 is 2.21 bits per heavy atom. The average Bonchev–Trinajstić information content (AvgIpc) is 2.31. The number of aliphatic hydroxyl groups is 1. The monoisotopic (exact) mass is 198 g/mol. The van der Waals surface area contributed by atoms with E-state index in [2.05, 4.69) is 9.47 Å². The van der Waals surface area contributed by atoms with Gasteiger partial charge < -0.3 is 14.6 Å². The van der Waals surface area contributed by atoms with Crippen molar-refractivity contribution in [2.75, 3.05) is 0 Å². The van der Waals surface area contributed by atoms with Crippen molar-refractivity contribution in [3.05, 3.63) is 0 Å². The fourth-order valence-corrected chi connectivity index (χ4v) is 2.55. The van der Waals surface area contributed by atoms with Gasteiger partial charge in [0.1, 0.15) is 0 Å². The van der Waals surface area contributed by atoms with Gasteiger partial charge in [-0.15, -0.1) is 0 Å². The molecule has 0 aromatic rings. The fraction of sp³-hybridized carbons (Fsp3) is 0.625. The van der Waals surface area contributed by atoms with Crippen LogP contribution >= 0.6 is 0 Å². The average molecular weight is 198 g/mol. The smallest absolute Gasteiger partial charge is 0.318 e. The predicted molar refractivity (Wildman–Crippen MR) is 37.2 cm³/mol. The van der Waals surface area contributed by atoms with E-state index >= 15 is 0 Å². The van der Waals surface area contributed by atoms with Crippen LogP contribution in [-0.4, -0.2) is 29.3 Å². The molecule has 1 N–H and O–H groups in total. The molecule has 0 amide bonds. The van der Waals surface area contributed by atoms with Crippen LogP contribution in [0.3, 0.4) is 0 Å². The van der Waals surface area contributed by atoms with Crippen LogP contribution in [-0.2, 0) is 23.9 Å². The van der Waals surface area contributed by atoms with E-state index in [0.29, 0.717) is 0 Å². The third-order valence-electron chi connectivity index (χ3n) is 3.19. The van der Waals surface area contributed by atoms with Crippen molar-refractivity contribution in [1.82, 2.24) is 0 Å². The molecule has 0 radical (unpaired) electrons. The van der Waals surface area contributed by atoms with Gasteiger partial charge in [0.05, 0.1) is 17.8 Å². The first-order valence-electron chi connectivity index (χ1n) is 4.25. The number of cyclic esters (lactones) is 3. The van der Waals surface area contributed by atoms with Gasteiger partial charge in [-0.05, 0) is 0 Å². The van der Waals surface area contributed by atoms with Gasteiger partial charge in [-0.3, -0.25) is 14.4 Å². The summed E-state index contributed by atoms with van der Waals surface area (Å²) >= 11 is 0. The lowest BCUT2D eigenvalue weighted by molar-refractivity contribution is -0.161. The molecule has 6 nitrogen and oxygen atoms in total. The zero-order valence-corrected chi connectivity index (χ0v) is 6.88. The minimum atomic E-state index is -1.27. The number of hydrogen-bond donors (Lipinski definition) is 1. The van der Waals surface area contributed by atoms with Crippen LogP contribution in [0.25, 0.3) is 0 Å². The maximum Gasteiger partial charge on any atom is 0.318 e. The molecule has 2 saturated heterocycles. The SMILES string of the molecule is O=C1OC(=O)C2C1C1C(=O)OC(O)C21. The van der Waals surface area contributed by atoms with Crippen molar-refractivity contribution >= 4 is 17.9 Å². The van der Waals surface area contributed by atoms with Crippen LogP contribution < -0.4 is 0 Å². The Balaban J connectivity index is 1.99. The van der Waals surface area contributed by atoms with Crippen LogP contribution in [0.5, 0.6) is 0 Å². The molecule has 0 spiro atoms. The molecular weight excluding hydrogens is 192 g/mol. The molecule has 74 valence electrons. The van der Waals surface area contributed by atoms with Gasteiger partial charge in [-0.2, -0.15) is 0 Å². The number of esters is 3. The maximum absolute atomic E-state index is 11.1. The van der Waals surface area contributed by atoms with Gasteiger partial charge >= 0.3 is 17.9 Å². The van der Waals surface area contributed by atoms with Gasteiger partial charge in [0.15, 0.2) is 0 Å². The predicted octanol–water partition coefficient (Wildman–Crippen LogP) is -1.58. The van der Waals surface area contributed by atoms with Crippen LogP contribution in [0, 0.1) is 23.7 Å². The molecule has 3 rings (SSSR count). The second-order valence-electron chi connectivity index (χ2n) is 3.72. The second-order valence-corrected chi connectivity index (χ2v) is 3.72. The highest BCUT2D eigenvalue weighted by Crippen LogP contribution is 2.56. The van der Waals surface area contributed by atoms with E-state index in [1.54, 1.807) is 0 Å². The van der Waals surface area contributed by atoms with Gasteiger partial charge in [0, 0.05) is 5.92 Å². The molecule has 0 bridgehead atoms. The molecular formula is C8H6O6. The number of fused-ring (bicyclic) bond motifs is 4. The molecule has 0 aromatic carbocycles. The maximum atomic E-state index is 11.1. The van der Waals surface area contributed by atoms with Crippen molar-refractivity contribution in [2.45, 2.75) is 6.29 Å². The molecule has 6 heteroatoms. The summed E-state index contributed by atoms with van der Waals surface area (Å²) in [4.78, 5) is 33.4. The normalized spacial score (nSPS) is 49.2. The summed E-state index contributed by atoms with van der Waals surface area (Å²) in [6, 6.07) is 0. The summed E-state index contributed by atoms with van der Waals surface area (Å²) in [5.74, 6) is -4.63. The van der Waals surface area contributed by atoms with E-state index in [-0.39, 0.29) is 0 Å². The number of carbonyl (C=O) groups excluding carboxylic acids is 3. The molecule has 0 aromatic heterocycles. The molecule has 14 heavy (non-hydrogen) atoms. The Bertz CT molecular complexity index is 355. The van der Waals surface area contributed by atoms with Crippen molar-refractivity contribution in [1.29, 1.82) is 0 Å². The Morgan fingerprint density at radius 2 is 1.50 bits per heavy atom. The van der Waals surface area contributed by atoms with Crippen molar-refractivity contribution in [2.24, 2.45) is 23.7 Å². The van der Waals surface area contributed by atoms with E-state index in [0.717, 1.165) is 0 Å². The fourth-order valence-electron chi connectivity index (χ4n) is 2.55. The second kappa shape index (κ2) is 2.14. The first kappa shape index (κ1) is 7.93. The zero-order valence-electron chi connectivity index (χ0n) is 6.88. The topological polar surface area (TPSA) is 89.9 Å². The van der Waals surface area contributed by atoms with Crippen molar-refractivity contribution in [3.63, 3.8) is 0 Å². The number of hydrogen-bond acceptors (Lipinski definition) is 6. The van der Waals surface area contributed by atoms with Crippen molar-refractivity contribution < 1.29 is 29.0 Å². The van der Waals surface area contributed by atoms with E-state index in [9.17, 15) is 19.5 Å². The standard InChI is InChI=1S/C8H6O6/c9-5-1-2(6(10)13-5)4-3(1)7(11)14-8(4)12/h1-5,9H. The Labute approximate surface area is 77.8 Å². The number of carbonyl (C=O) groups is 3. The lowest BCUT2D eigenvalue weighted by atomic mass is 9.58. The van der Waals surface area contributed by atoms with Crippen LogP contribution in [0.4, 0.5) is 0 Å². The Kier molecular flexibility index (Phi) is 1.21. The number of ether oxygens (including phenoxy) is 2. The lowest BCUT2D eigenvalue weighted by Crippen LogP contribution is -2.51. The van der Waals surface area contributed by atoms with E-state index in [1.165, 1.54) is 0 Å². The minimum Gasteiger partial charge on any atom is -0.435 e. The summed E-state index contributed by atoms with van der Waals surface area (Å²) < 4.78 is 8.92. The highest BCUT2D eigenvalue weighted by Gasteiger charge is 2.72. The highest BCUT2D eigenvalue weighted by molar-refractivity contribution is 6.02. The zero-order chi connectivity index (χ0) is 10.0. The summed E-state index contributed by atoms with van der Waals surface area (Å²) in [6.45, 7) is 0.